The van der Waals surface area contributed by atoms with E-state index < -0.39 is 4.92 Å². The van der Waals surface area contributed by atoms with Gasteiger partial charge in [-0.25, -0.2) is 0 Å². The van der Waals surface area contributed by atoms with E-state index in [-0.39, 0.29) is 46.7 Å². The highest BCUT2D eigenvalue weighted by Gasteiger charge is 2.32. The molecule has 0 spiro atoms. The van der Waals surface area contributed by atoms with E-state index in [2.05, 4.69) is 26.6 Å². The molecule has 1 unspecified atom stereocenters. The van der Waals surface area contributed by atoms with Crippen LogP contribution in [0.15, 0.2) is 16.6 Å². The summed E-state index contributed by atoms with van der Waals surface area (Å²) in [5, 5.41) is 17.5. The molecule has 8 nitrogen and oxygen atoms in total. The second-order valence-electron chi connectivity index (χ2n) is 6.46. The molecule has 2 N–H and O–H groups in total. The maximum Gasteiger partial charge on any atom is 0.294 e. The average Bonchev–Trinajstić information content (AvgIpc) is 3.29. The molecule has 26 heavy (non-hydrogen) atoms. The van der Waals surface area contributed by atoms with Gasteiger partial charge in [0.05, 0.1) is 10.5 Å². The molecule has 1 aliphatic carbocycles. The summed E-state index contributed by atoms with van der Waals surface area (Å²) in [6.07, 6.45) is 2.46. The summed E-state index contributed by atoms with van der Waals surface area (Å²) in [5.74, 6) is -0.612. The van der Waals surface area contributed by atoms with Crippen molar-refractivity contribution in [2.75, 3.05) is 24.3 Å². The van der Waals surface area contributed by atoms with Gasteiger partial charge in [-0.05, 0) is 25.3 Å². The Morgan fingerprint density at radius 1 is 1.31 bits per heavy atom. The van der Waals surface area contributed by atoms with E-state index in [0.717, 1.165) is 12.8 Å². The van der Waals surface area contributed by atoms with Gasteiger partial charge in [-0.2, -0.15) is 0 Å². The van der Waals surface area contributed by atoms with Gasteiger partial charge in [-0.3, -0.25) is 19.7 Å². The maximum atomic E-state index is 12.6. The van der Waals surface area contributed by atoms with E-state index in [1.807, 2.05) is 0 Å². The molecule has 1 saturated carbocycles. The third-order valence-corrected chi connectivity index (χ3v) is 5.13. The van der Waals surface area contributed by atoms with Crippen molar-refractivity contribution >= 4 is 50.7 Å². The molecule has 1 aromatic carbocycles. The maximum absolute atomic E-state index is 12.6. The second-order valence-corrected chi connectivity index (χ2v) is 7.64. The van der Waals surface area contributed by atoms with Crippen LogP contribution in [-0.2, 0) is 4.79 Å². The minimum absolute atomic E-state index is 0.0970. The van der Waals surface area contributed by atoms with Crippen molar-refractivity contribution in [1.82, 2.24) is 10.2 Å². The lowest BCUT2D eigenvalue weighted by Crippen LogP contribution is -2.33. The molecule has 1 aliphatic heterocycles. The van der Waals surface area contributed by atoms with Crippen LogP contribution >= 0.6 is 27.5 Å². The molecule has 1 atom stereocenters. The van der Waals surface area contributed by atoms with Crippen molar-refractivity contribution in [1.29, 1.82) is 0 Å². The van der Waals surface area contributed by atoms with Crippen LogP contribution in [0.5, 0.6) is 0 Å². The number of benzene rings is 1. The van der Waals surface area contributed by atoms with Gasteiger partial charge < -0.3 is 15.5 Å². The number of nitro benzene ring substituents is 1. The summed E-state index contributed by atoms with van der Waals surface area (Å²) in [6, 6.07) is 2.89. The van der Waals surface area contributed by atoms with Crippen molar-refractivity contribution in [3.63, 3.8) is 0 Å². The third kappa shape index (κ3) is 4.27. The predicted octanol–water partition coefficient (Wildman–Crippen LogP) is 2.50. The number of carbonyl (C=O) groups is 2. The Morgan fingerprint density at radius 3 is 2.65 bits per heavy atom. The number of rotatable bonds is 6. The van der Waals surface area contributed by atoms with Gasteiger partial charge in [0.1, 0.15) is 11.6 Å². The summed E-state index contributed by atoms with van der Waals surface area (Å²) < 4.78 is 0.459. The molecule has 1 aromatic rings. The van der Waals surface area contributed by atoms with Crippen molar-refractivity contribution < 1.29 is 14.5 Å². The lowest BCUT2D eigenvalue weighted by atomic mass is 10.1. The first-order chi connectivity index (χ1) is 12.4. The highest BCUT2D eigenvalue weighted by atomic mass is 79.9. The number of anilines is 1. The topological polar surface area (TPSA) is 105 Å². The fourth-order valence-electron chi connectivity index (χ4n) is 2.95. The van der Waals surface area contributed by atoms with Crippen molar-refractivity contribution in [3.8, 4) is 0 Å². The van der Waals surface area contributed by atoms with Crippen molar-refractivity contribution in [3.05, 3.63) is 32.3 Å². The molecule has 140 valence electrons. The Hall–Kier alpha value is -1.87. The second kappa shape index (κ2) is 7.79. The van der Waals surface area contributed by atoms with Gasteiger partial charge >= 0.3 is 0 Å². The van der Waals surface area contributed by atoms with E-state index in [1.54, 1.807) is 11.0 Å². The van der Waals surface area contributed by atoms with Crippen LogP contribution in [-0.4, -0.2) is 52.7 Å². The Kier molecular flexibility index (Phi) is 5.67. The number of nitrogens with one attached hydrogen (secondary N) is 2. The normalized spacial score (nSPS) is 19.3. The molecule has 0 radical (unpaired) electrons. The SMILES string of the molecule is O=C(NC1CC1)c1cc(Br)cc([N+](=O)[O-])c1NC1CCN(C(=O)CCl)C1. The van der Waals surface area contributed by atoms with E-state index in [1.165, 1.54) is 6.07 Å². The number of alkyl halides is 1. The van der Waals surface area contributed by atoms with Crippen LogP contribution in [0, 0.1) is 10.1 Å². The van der Waals surface area contributed by atoms with Gasteiger partial charge in [-0.15, -0.1) is 11.6 Å². The van der Waals surface area contributed by atoms with Crippen LogP contribution in [0.25, 0.3) is 0 Å². The first-order valence-corrected chi connectivity index (χ1v) is 9.61. The number of likely N-dealkylation sites (tertiary alicyclic amines) is 1. The number of carbonyl (C=O) groups excluding carboxylic acids is 2. The summed E-state index contributed by atoms with van der Waals surface area (Å²) >= 11 is 8.82. The Balaban J connectivity index is 1.87. The Morgan fingerprint density at radius 2 is 2.04 bits per heavy atom. The van der Waals surface area contributed by atoms with E-state index in [4.69, 9.17) is 11.6 Å². The van der Waals surface area contributed by atoms with Gasteiger partial charge in [0.2, 0.25) is 5.91 Å². The molecule has 1 saturated heterocycles. The highest BCUT2D eigenvalue weighted by Crippen LogP contribution is 2.34. The molecule has 10 heteroatoms. The number of halogens is 2. The van der Waals surface area contributed by atoms with Crippen LogP contribution in [0.2, 0.25) is 0 Å². The Bertz CT molecular complexity index is 756. The zero-order valence-corrected chi connectivity index (χ0v) is 16.2. The molecule has 1 heterocycles. The minimum atomic E-state index is -0.516. The molecule has 3 rings (SSSR count). The standard InChI is InChI=1S/C16H18BrClN4O4/c17-9-5-12(16(24)20-10-1-2-10)15(13(6-9)22(25)26)19-11-3-4-21(8-11)14(23)7-18/h5-6,10-11,19H,1-4,7-8H2,(H,20,24). The average molecular weight is 446 g/mol. The largest absolute Gasteiger partial charge is 0.374 e. The predicted molar refractivity (Wildman–Crippen MR) is 101 cm³/mol. The molecule has 0 aromatic heterocycles. The summed E-state index contributed by atoms with van der Waals surface area (Å²) in [4.78, 5) is 36.9. The van der Waals surface area contributed by atoms with Crippen LogP contribution in [0.1, 0.15) is 29.6 Å². The molecule has 2 amide bonds. The van der Waals surface area contributed by atoms with Gasteiger partial charge in [-0.1, -0.05) is 15.9 Å². The van der Waals surface area contributed by atoms with Crippen LogP contribution in [0.3, 0.4) is 0 Å². The van der Waals surface area contributed by atoms with Gasteiger partial charge in [0, 0.05) is 35.7 Å². The van der Waals surface area contributed by atoms with E-state index in [9.17, 15) is 19.7 Å². The lowest BCUT2D eigenvalue weighted by molar-refractivity contribution is -0.384. The van der Waals surface area contributed by atoms with Gasteiger partial charge in [0.15, 0.2) is 0 Å². The number of nitrogens with zero attached hydrogens (tertiary/aromatic N) is 2. The lowest BCUT2D eigenvalue weighted by Gasteiger charge is -2.19. The highest BCUT2D eigenvalue weighted by molar-refractivity contribution is 9.10. The fourth-order valence-corrected chi connectivity index (χ4v) is 3.57. The number of hydrogen-bond donors (Lipinski definition) is 2. The van der Waals surface area contributed by atoms with Gasteiger partial charge in [0.25, 0.3) is 11.6 Å². The number of hydrogen-bond acceptors (Lipinski definition) is 5. The Labute approximate surface area is 163 Å². The molecule has 2 fully saturated rings. The smallest absolute Gasteiger partial charge is 0.294 e. The molecular weight excluding hydrogens is 428 g/mol. The molecule has 2 aliphatic rings. The minimum Gasteiger partial charge on any atom is -0.374 e. The van der Waals surface area contributed by atoms with Crippen molar-refractivity contribution in [2.24, 2.45) is 0 Å². The van der Waals surface area contributed by atoms with Crippen molar-refractivity contribution in [2.45, 2.75) is 31.3 Å². The zero-order chi connectivity index (χ0) is 18.8. The summed E-state index contributed by atoms with van der Waals surface area (Å²) in [6.45, 7) is 0.916. The first-order valence-electron chi connectivity index (χ1n) is 8.28. The number of amides is 2. The molecule has 0 bridgehead atoms. The van der Waals surface area contributed by atoms with Crippen LogP contribution in [0.4, 0.5) is 11.4 Å². The van der Waals surface area contributed by atoms with Crippen LogP contribution < -0.4 is 10.6 Å². The first kappa shape index (κ1) is 18.9. The summed E-state index contributed by atoms with van der Waals surface area (Å²) in [5.41, 5.74) is 0.226. The number of nitro groups is 1. The molecular formula is C16H18BrClN4O4. The monoisotopic (exact) mass is 444 g/mol. The van der Waals surface area contributed by atoms with E-state index >= 15 is 0 Å². The summed E-state index contributed by atoms with van der Waals surface area (Å²) in [7, 11) is 0. The quantitative estimate of drug-likeness (QED) is 0.398. The zero-order valence-electron chi connectivity index (χ0n) is 13.8. The van der Waals surface area contributed by atoms with E-state index in [0.29, 0.717) is 24.0 Å². The third-order valence-electron chi connectivity index (χ3n) is 4.44. The fraction of sp³-hybridized carbons (Fsp3) is 0.500.